The zero-order chi connectivity index (χ0) is 13.6. The fourth-order valence-corrected chi connectivity index (χ4v) is 4.85. The third-order valence-electron chi connectivity index (χ3n) is 4.27. The van der Waals surface area contributed by atoms with Gasteiger partial charge in [-0.1, -0.05) is 0 Å². The first-order valence-electron chi connectivity index (χ1n) is 6.67. The molecule has 2 atom stereocenters. The molecule has 0 radical (unpaired) electrons. The lowest BCUT2D eigenvalue weighted by Gasteiger charge is -2.40. The summed E-state index contributed by atoms with van der Waals surface area (Å²) in [6.07, 6.45) is 4.70. The van der Waals surface area contributed by atoms with Crippen molar-refractivity contribution in [1.29, 1.82) is 0 Å². The second-order valence-corrected chi connectivity index (χ2v) is 7.17. The lowest BCUT2D eigenvalue weighted by atomic mass is 9.97. The van der Waals surface area contributed by atoms with E-state index in [0.717, 1.165) is 27.5 Å². The molecule has 0 spiro atoms. The first-order valence-corrected chi connectivity index (χ1v) is 8.25. The molecule has 2 fully saturated rings. The van der Waals surface area contributed by atoms with Crippen LogP contribution in [0.5, 0.6) is 5.75 Å². The summed E-state index contributed by atoms with van der Waals surface area (Å²) in [7, 11) is 1.71. The van der Waals surface area contributed by atoms with Gasteiger partial charge in [-0.05, 0) is 63.6 Å². The van der Waals surface area contributed by atoms with Crippen molar-refractivity contribution in [2.75, 3.05) is 12.0 Å². The van der Waals surface area contributed by atoms with Gasteiger partial charge in [0.2, 0.25) is 0 Å². The van der Waals surface area contributed by atoms with E-state index in [0.29, 0.717) is 18.1 Å². The molecule has 0 amide bonds. The van der Waals surface area contributed by atoms with Crippen molar-refractivity contribution in [2.45, 2.75) is 43.8 Å². The van der Waals surface area contributed by atoms with Gasteiger partial charge in [-0.3, -0.25) is 0 Å². The SMILES string of the molecule is COc1cc(N2C3CCC2CC(N)C3)c(Br)cc1Br. The lowest BCUT2D eigenvalue weighted by Crippen LogP contribution is -2.47. The van der Waals surface area contributed by atoms with Crippen LogP contribution in [0.1, 0.15) is 25.7 Å². The summed E-state index contributed by atoms with van der Waals surface area (Å²) in [4.78, 5) is 2.54. The lowest BCUT2D eigenvalue weighted by molar-refractivity contribution is 0.405. The minimum atomic E-state index is 0.366. The highest BCUT2D eigenvalue weighted by Gasteiger charge is 2.40. The van der Waals surface area contributed by atoms with Crippen LogP contribution >= 0.6 is 31.9 Å². The molecule has 2 saturated heterocycles. The maximum Gasteiger partial charge on any atom is 0.135 e. The predicted octanol–water partition coefficient (Wildman–Crippen LogP) is 3.68. The number of piperidine rings is 1. The van der Waals surface area contributed by atoms with Gasteiger partial charge in [0.1, 0.15) is 5.75 Å². The molecule has 2 bridgehead atoms. The van der Waals surface area contributed by atoms with Crippen LogP contribution in [0.4, 0.5) is 5.69 Å². The van der Waals surface area contributed by atoms with Crippen LogP contribution in [0.3, 0.4) is 0 Å². The van der Waals surface area contributed by atoms with Crippen molar-refractivity contribution in [3.8, 4) is 5.75 Å². The van der Waals surface area contributed by atoms with E-state index in [2.05, 4.69) is 48.9 Å². The van der Waals surface area contributed by atoms with Gasteiger partial charge in [0, 0.05) is 28.7 Å². The summed E-state index contributed by atoms with van der Waals surface area (Å²) in [6.45, 7) is 0. The predicted molar refractivity (Wildman–Crippen MR) is 84.9 cm³/mol. The fraction of sp³-hybridized carbons (Fsp3) is 0.571. The molecule has 5 heteroatoms. The maximum absolute atomic E-state index is 6.14. The number of benzene rings is 1. The summed E-state index contributed by atoms with van der Waals surface area (Å²) in [6, 6.07) is 5.72. The van der Waals surface area contributed by atoms with Gasteiger partial charge in [-0.15, -0.1) is 0 Å². The van der Waals surface area contributed by atoms with Crippen molar-refractivity contribution >= 4 is 37.5 Å². The van der Waals surface area contributed by atoms with E-state index >= 15 is 0 Å². The molecular formula is C14H18Br2N2O. The van der Waals surface area contributed by atoms with Crippen LogP contribution in [0.15, 0.2) is 21.1 Å². The van der Waals surface area contributed by atoms with Crippen molar-refractivity contribution in [3.05, 3.63) is 21.1 Å². The Kier molecular flexibility index (Phi) is 3.80. The molecule has 2 N–H and O–H groups in total. The Balaban J connectivity index is 1.99. The molecule has 104 valence electrons. The van der Waals surface area contributed by atoms with Crippen molar-refractivity contribution in [1.82, 2.24) is 0 Å². The largest absolute Gasteiger partial charge is 0.495 e. The zero-order valence-electron chi connectivity index (χ0n) is 10.9. The number of methoxy groups -OCH3 is 1. The molecule has 19 heavy (non-hydrogen) atoms. The highest BCUT2D eigenvalue weighted by atomic mass is 79.9. The monoisotopic (exact) mass is 388 g/mol. The molecule has 0 saturated carbocycles. The number of hydrogen-bond donors (Lipinski definition) is 1. The first kappa shape index (κ1) is 13.7. The third kappa shape index (κ3) is 2.41. The van der Waals surface area contributed by atoms with Gasteiger partial charge < -0.3 is 15.4 Å². The Morgan fingerprint density at radius 1 is 1.16 bits per heavy atom. The average Bonchev–Trinajstić information content (AvgIpc) is 2.63. The van der Waals surface area contributed by atoms with Crippen molar-refractivity contribution in [3.63, 3.8) is 0 Å². The Morgan fingerprint density at radius 2 is 1.79 bits per heavy atom. The smallest absolute Gasteiger partial charge is 0.135 e. The number of nitrogens with two attached hydrogens (primary N) is 1. The number of halogens is 2. The Morgan fingerprint density at radius 3 is 2.37 bits per heavy atom. The molecular weight excluding hydrogens is 372 g/mol. The number of rotatable bonds is 2. The second-order valence-electron chi connectivity index (χ2n) is 5.46. The Labute approximate surface area is 130 Å². The number of ether oxygens (including phenoxy) is 1. The van der Waals surface area contributed by atoms with Crippen LogP contribution < -0.4 is 15.4 Å². The number of nitrogens with zero attached hydrogens (tertiary/aromatic N) is 1. The van der Waals surface area contributed by atoms with E-state index in [4.69, 9.17) is 10.5 Å². The van der Waals surface area contributed by atoms with Crippen LogP contribution in [-0.4, -0.2) is 25.2 Å². The Bertz CT molecular complexity index is 481. The normalized spacial score (nSPS) is 29.7. The number of anilines is 1. The van der Waals surface area contributed by atoms with Gasteiger partial charge in [-0.25, -0.2) is 0 Å². The number of hydrogen-bond acceptors (Lipinski definition) is 3. The summed E-state index contributed by atoms with van der Waals surface area (Å²) in [5, 5.41) is 0. The summed E-state index contributed by atoms with van der Waals surface area (Å²) in [5.41, 5.74) is 7.38. The van der Waals surface area contributed by atoms with E-state index in [1.165, 1.54) is 18.5 Å². The summed E-state index contributed by atoms with van der Waals surface area (Å²) in [5.74, 6) is 0.882. The van der Waals surface area contributed by atoms with Crippen LogP contribution in [-0.2, 0) is 0 Å². The van der Waals surface area contributed by atoms with Gasteiger partial charge >= 0.3 is 0 Å². The van der Waals surface area contributed by atoms with Crippen LogP contribution in [0.25, 0.3) is 0 Å². The quantitative estimate of drug-likeness (QED) is 0.838. The van der Waals surface area contributed by atoms with Crippen LogP contribution in [0, 0.1) is 0 Å². The fourth-order valence-electron chi connectivity index (χ4n) is 3.49. The van der Waals surface area contributed by atoms with Gasteiger partial charge in [0.05, 0.1) is 17.3 Å². The van der Waals surface area contributed by atoms with Crippen molar-refractivity contribution in [2.24, 2.45) is 5.73 Å². The van der Waals surface area contributed by atoms with Gasteiger partial charge in [-0.2, -0.15) is 0 Å². The topological polar surface area (TPSA) is 38.5 Å². The summed E-state index contributed by atoms with van der Waals surface area (Å²) >= 11 is 7.21. The van der Waals surface area contributed by atoms with E-state index in [1.54, 1.807) is 7.11 Å². The highest BCUT2D eigenvalue weighted by molar-refractivity contribution is 9.11. The summed E-state index contributed by atoms with van der Waals surface area (Å²) < 4.78 is 7.52. The molecule has 2 aliphatic heterocycles. The van der Waals surface area contributed by atoms with Crippen LogP contribution in [0.2, 0.25) is 0 Å². The maximum atomic E-state index is 6.14. The van der Waals surface area contributed by atoms with E-state index in [-0.39, 0.29) is 0 Å². The third-order valence-corrected chi connectivity index (χ3v) is 5.52. The first-order chi connectivity index (χ1) is 9.10. The molecule has 2 heterocycles. The minimum Gasteiger partial charge on any atom is -0.495 e. The molecule has 0 aliphatic carbocycles. The van der Waals surface area contributed by atoms with E-state index in [1.807, 2.05) is 0 Å². The number of fused-ring (bicyclic) bond motifs is 2. The molecule has 3 nitrogen and oxygen atoms in total. The molecule has 1 aromatic carbocycles. The molecule has 2 aliphatic rings. The highest BCUT2D eigenvalue weighted by Crippen LogP contribution is 2.44. The van der Waals surface area contributed by atoms with E-state index < -0.39 is 0 Å². The van der Waals surface area contributed by atoms with Gasteiger partial charge in [0.15, 0.2) is 0 Å². The van der Waals surface area contributed by atoms with E-state index in [9.17, 15) is 0 Å². The molecule has 2 unspecified atom stereocenters. The minimum absolute atomic E-state index is 0.366. The average molecular weight is 390 g/mol. The molecule has 3 rings (SSSR count). The zero-order valence-corrected chi connectivity index (χ0v) is 14.1. The standard InChI is InChI=1S/C14H18Br2N2O/c1-19-14-7-13(11(15)6-12(14)16)18-9-2-3-10(18)5-8(17)4-9/h6-10H,2-5,17H2,1H3. The van der Waals surface area contributed by atoms with Crippen molar-refractivity contribution < 1.29 is 4.74 Å². The Hall–Kier alpha value is -0.260. The molecule has 0 aromatic heterocycles. The van der Waals surface area contributed by atoms with Gasteiger partial charge in [0.25, 0.3) is 0 Å². The second kappa shape index (κ2) is 5.26. The molecule has 1 aromatic rings.